The third kappa shape index (κ3) is 3.29. The van der Waals surface area contributed by atoms with Gasteiger partial charge in [0, 0.05) is 0 Å². The maximum atomic E-state index is 11.8. The maximum Gasteiger partial charge on any atom is 0.325 e. The molecule has 1 aromatic rings. The zero-order valence-corrected chi connectivity index (χ0v) is 11.4. The predicted molar refractivity (Wildman–Crippen MR) is 67.1 cm³/mol. The molecular formula is C10H14BrN3O3. The summed E-state index contributed by atoms with van der Waals surface area (Å²) < 4.78 is 6.19. The van der Waals surface area contributed by atoms with Crippen LogP contribution in [-0.2, 0) is 9.53 Å². The summed E-state index contributed by atoms with van der Waals surface area (Å²) in [5.41, 5.74) is 0.229. The van der Waals surface area contributed by atoms with Gasteiger partial charge in [0.25, 0.3) is 5.56 Å². The van der Waals surface area contributed by atoms with Gasteiger partial charge in [0.15, 0.2) is 0 Å². The molecule has 0 saturated carbocycles. The second-order valence-electron chi connectivity index (χ2n) is 3.65. The molecule has 94 valence electrons. The molecule has 0 saturated heterocycles. The van der Waals surface area contributed by atoms with Crippen molar-refractivity contribution in [2.24, 2.45) is 0 Å². The standard InChI is InChI=1S/C10H14BrN3O3/c1-6(2)14-10(16)9(11)7(4-13-14)12-5-8(15)17-3/h4,6,12H,5H2,1-3H3. The fourth-order valence-corrected chi connectivity index (χ4v) is 1.60. The van der Waals surface area contributed by atoms with Crippen LogP contribution in [0.3, 0.4) is 0 Å². The van der Waals surface area contributed by atoms with Crippen LogP contribution in [0.25, 0.3) is 0 Å². The average Bonchev–Trinajstić information content (AvgIpc) is 2.30. The first kappa shape index (κ1) is 13.7. The summed E-state index contributed by atoms with van der Waals surface area (Å²) in [6.45, 7) is 3.71. The Bertz CT molecular complexity index is 470. The molecule has 1 N–H and O–H groups in total. The second kappa shape index (κ2) is 5.81. The number of anilines is 1. The van der Waals surface area contributed by atoms with Crippen LogP contribution >= 0.6 is 15.9 Å². The Morgan fingerprint density at radius 1 is 1.65 bits per heavy atom. The van der Waals surface area contributed by atoms with Crippen LogP contribution in [0.4, 0.5) is 5.69 Å². The van der Waals surface area contributed by atoms with Gasteiger partial charge in [0.1, 0.15) is 11.0 Å². The lowest BCUT2D eigenvalue weighted by Crippen LogP contribution is -2.26. The lowest BCUT2D eigenvalue weighted by Gasteiger charge is -2.11. The molecule has 0 aliphatic rings. The van der Waals surface area contributed by atoms with Crippen molar-refractivity contribution in [1.29, 1.82) is 0 Å². The van der Waals surface area contributed by atoms with Crippen LogP contribution < -0.4 is 10.9 Å². The van der Waals surface area contributed by atoms with Gasteiger partial charge in [-0.3, -0.25) is 9.59 Å². The average molecular weight is 304 g/mol. The van der Waals surface area contributed by atoms with Crippen LogP contribution in [0.15, 0.2) is 15.5 Å². The van der Waals surface area contributed by atoms with E-state index >= 15 is 0 Å². The lowest BCUT2D eigenvalue weighted by molar-refractivity contribution is -0.138. The van der Waals surface area contributed by atoms with Gasteiger partial charge >= 0.3 is 5.97 Å². The van der Waals surface area contributed by atoms with Crippen LogP contribution in [0.1, 0.15) is 19.9 Å². The van der Waals surface area contributed by atoms with Crippen LogP contribution in [0, 0.1) is 0 Å². The van der Waals surface area contributed by atoms with E-state index in [1.807, 2.05) is 13.8 Å². The number of esters is 1. The van der Waals surface area contributed by atoms with E-state index in [2.05, 4.69) is 31.1 Å². The number of rotatable bonds is 4. The molecule has 17 heavy (non-hydrogen) atoms. The highest BCUT2D eigenvalue weighted by molar-refractivity contribution is 9.10. The molecule has 0 aromatic carbocycles. The van der Waals surface area contributed by atoms with E-state index in [-0.39, 0.29) is 18.1 Å². The molecule has 0 atom stereocenters. The molecule has 0 amide bonds. The number of methoxy groups -OCH3 is 1. The Hall–Kier alpha value is -1.37. The summed E-state index contributed by atoms with van der Waals surface area (Å²) in [4.78, 5) is 22.8. The predicted octanol–water partition coefficient (Wildman–Crippen LogP) is 1.17. The summed E-state index contributed by atoms with van der Waals surface area (Å²) in [5.74, 6) is -0.412. The molecule has 0 spiro atoms. The van der Waals surface area contributed by atoms with Gasteiger partial charge in [0.05, 0.1) is 25.0 Å². The first-order valence-corrected chi connectivity index (χ1v) is 5.84. The van der Waals surface area contributed by atoms with E-state index in [1.54, 1.807) is 0 Å². The summed E-state index contributed by atoms with van der Waals surface area (Å²) in [6, 6.07) is -0.0199. The van der Waals surface area contributed by atoms with Crippen molar-refractivity contribution in [3.63, 3.8) is 0 Å². The number of halogens is 1. The molecule has 0 aliphatic heterocycles. The van der Waals surface area contributed by atoms with Gasteiger partial charge in [0.2, 0.25) is 0 Å². The summed E-state index contributed by atoms with van der Waals surface area (Å²) in [6.07, 6.45) is 1.49. The quantitative estimate of drug-likeness (QED) is 0.845. The number of hydrogen-bond acceptors (Lipinski definition) is 5. The molecule has 7 heteroatoms. The first-order valence-electron chi connectivity index (χ1n) is 5.05. The third-order valence-electron chi connectivity index (χ3n) is 2.08. The molecular weight excluding hydrogens is 290 g/mol. The van der Waals surface area contributed by atoms with Crippen molar-refractivity contribution < 1.29 is 9.53 Å². The van der Waals surface area contributed by atoms with Crippen molar-refractivity contribution in [2.75, 3.05) is 19.0 Å². The fraction of sp³-hybridized carbons (Fsp3) is 0.500. The number of nitrogens with one attached hydrogen (secondary N) is 1. The summed E-state index contributed by atoms with van der Waals surface area (Å²) >= 11 is 3.18. The molecule has 0 radical (unpaired) electrons. The highest BCUT2D eigenvalue weighted by Crippen LogP contribution is 2.16. The molecule has 1 heterocycles. The zero-order chi connectivity index (χ0) is 13.0. The minimum atomic E-state index is -0.412. The van der Waals surface area contributed by atoms with Crippen molar-refractivity contribution in [3.05, 3.63) is 21.0 Å². The Morgan fingerprint density at radius 2 is 2.29 bits per heavy atom. The number of nitrogens with zero attached hydrogens (tertiary/aromatic N) is 2. The molecule has 1 rings (SSSR count). The van der Waals surface area contributed by atoms with Crippen LogP contribution in [-0.4, -0.2) is 29.4 Å². The number of ether oxygens (including phenoxy) is 1. The van der Waals surface area contributed by atoms with Crippen LogP contribution in [0.2, 0.25) is 0 Å². The van der Waals surface area contributed by atoms with Crippen molar-refractivity contribution >= 4 is 27.6 Å². The molecule has 0 bridgehead atoms. The van der Waals surface area contributed by atoms with E-state index in [4.69, 9.17) is 0 Å². The number of aromatic nitrogens is 2. The van der Waals surface area contributed by atoms with E-state index in [0.717, 1.165) is 0 Å². The fourth-order valence-electron chi connectivity index (χ4n) is 1.18. The normalized spacial score (nSPS) is 10.4. The van der Waals surface area contributed by atoms with Crippen molar-refractivity contribution in [2.45, 2.75) is 19.9 Å². The Balaban J connectivity index is 2.93. The highest BCUT2D eigenvalue weighted by Gasteiger charge is 2.11. The molecule has 0 aliphatic carbocycles. The van der Waals surface area contributed by atoms with Gasteiger partial charge in [-0.1, -0.05) is 0 Å². The van der Waals surface area contributed by atoms with E-state index in [0.29, 0.717) is 10.2 Å². The number of carbonyl (C=O) groups is 1. The summed E-state index contributed by atoms with van der Waals surface area (Å²) in [5, 5.41) is 6.78. The molecule has 6 nitrogen and oxygen atoms in total. The Labute approximate surface area is 107 Å². The zero-order valence-electron chi connectivity index (χ0n) is 9.86. The number of carbonyl (C=O) groups excluding carboxylic acids is 1. The Morgan fingerprint density at radius 3 is 2.82 bits per heavy atom. The lowest BCUT2D eigenvalue weighted by atomic mass is 10.4. The van der Waals surface area contributed by atoms with Gasteiger partial charge in [-0.05, 0) is 29.8 Å². The topological polar surface area (TPSA) is 73.2 Å². The maximum absolute atomic E-state index is 11.8. The Kier molecular flexibility index (Phi) is 4.68. The second-order valence-corrected chi connectivity index (χ2v) is 4.44. The minimum absolute atomic E-state index is 0.0120. The largest absolute Gasteiger partial charge is 0.468 e. The monoisotopic (exact) mass is 303 g/mol. The van der Waals surface area contributed by atoms with Crippen molar-refractivity contribution in [1.82, 2.24) is 9.78 Å². The van der Waals surface area contributed by atoms with Gasteiger partial charge in [-0.25, -0.2) is 4.68 Å². The highest BCUT2D eigenvalue weighted by atomic mass is 79.9. The van der Waals surface area contributed by atoms with E-state index in [1.165, 1.54) is 18.0 Å². The molecule has 1 aromatic heterocycles. The van der Waals surface area contributed by atoms with Gasteiger partial charge in [-0.15, -0.1) is 0 Å². The molecule has 0 unspecified atom stereocenters. The smallest absolute Gasteiger partial charge is 0.325 e. The van der Waals surface area contributed by atoms with Gasteiger partial charge < -0.3 is 10.1 Å². The van der Waals surface area contributed by atoms with E-state index < -0.39 is 5.97 Å². The van der Waals surface area contributed by atoms with E-state index in [9.17, 15) is 9.59 Å². The van der Waals surface area contributed by atoms with Crippen molar-refractivity contribution in [3.8, 4) is 0 Å². The number of hydrogen-bond donors (Lipinski definition) is 1. The summed E-state index contributed by atoms with van der Waals surface area (Å²) in [7, 11) is 1.30. The molecule has 0 fully saturated rings. The van der Waals surface area contributed by atoms with Crippen LogP contribution in [0.5, 0.6) is 0 Å². The third-order valence-corrected chi connectivity index (χ3v) is 2.85. The SMILES string of the molecule is COC(=O)CNc1cnn(C(C)C)c(=O)c1Br. The minimum Gasteiger partial charge on any atom is -0.468 e. The van der Waals surface area contributed by atoms with Gasteiger partial charge in [-0.2, -0.15) is 5.10 Å². The first-order chi connectivity index (χ1) is 7.97.